The molecule has 0 amide bonds. The fraction of sp³-hybridized carbons (Fsp3) is 0.692. The molecule has 5 heteroatoms. The maximum absolute atomic E-state index is 6.31. The molecule has 1 aromatic heterocycles. The minimum absolute atomic E-state index is 0.169. The number of ether oxygens (including phenoxy) is 1. The van der Waals surface area contributed by atoms with Gasteiger partial charge in [-0.25, -0.2) is 4.98 Å². The molecule has 100 valence electrons. The van der Waals surface area contributed by atoms with Crippen LogP contribution in [-0.4, -0.2) is 28.0 Å². The van der Waals surface area contributed by atoms with E-state index in [0.29, 0.717) is 18.4 Å². The van der Waals surface area contributed by atoms with Gasteiger partial charge in [0.15, 0.2) is 0 Å². The Labute approximate surface area is 113 Å². The van der Waals surface area contributed by atoms with Crippen molar-refractivity contribution in [3.8, 4) is 5.88 Å². The van der Waals surface area contributed by atoms with Crippen molar-refractivity contribution in [2.75, 3.05) is 11.9 Å². The standard InChI is InChI=1S/C13H20ClN3O/c1-2-9-18-12-7-8-15-13(17-12)16-11-6-4-3-5-10(11)14/h7-8,10-11H,2-6,9H2,1H3,(H,15,16,17). The van der Waals surface area contributed by atoms with Gasteiger partial charge in [-0.05, 0) is 19.3 Å². The van der Waals surface area contributed by atoms with Crippen LogP contribution in [0.15, 0.2) is 12.3 Å². The SMILES string of the molecule is CCCOc1ccnc(NC2CCCCC2Cl)n1. The summed E-state index contributed by atoms with van der Waals surface area (Å²) in [6, 6.07) is 2.04. The summed E-state index contributed by atoms with van der Waals surface area (Å²) in [6.45, 7) is 2.75. The highest BCUT2D eigenvalue weighted by Gasteiger charge is 2.23. The van der Waals surface area contributed by atoms with E-state index in [2.05, 4.69) is 22.2 Å². The molecule has 0 bridgehead atoms. The molecule has 1 saturated carbocycles. The van der Waals surface area contributed by atoms with Crippen LogP contribution in [0.3, 0.4) is 0 Å². The van der Waals surface area contributed by atoms with Crippen molar-refractivity contribution >= 4 is 17.5 Å². The van der Waals surface area contributed by atoms with Crippen LogP contribution in [0.2, 0.25) is 0 Å². The molecule has 1 aliphatic carbocycles. The lowest BCUT2D eigenvalue weighted by molar-refractivity contribution is 0.305. The van der Waals surface area contributed by atoms with Crippen molar-refractivity contribution in [1.29, 1.82) is 0 Å². The molecule has 2 rings (SSSR count). The zero-order valence-corrected chi connectivity index (χ0v) is 11.5. The predicted molar refractivity (Wildman–Crippen MR) is 73.3 cm³/mol. The third kappa shape index (κ3) is 3.73. The van der Waals surface area contributed by atoms with Gasteiger partial charge in [-0.2, -0.15) is 4.98 Å². The fourth-order valence-electron chi connectivity index (χ4n) is 2.11. The molecule has 1 aliphatic rings. The Morgan fingerprint density at radius 3 is 3.06 bits per heavy atom. The van der Waals surface area contributed by atoms with Gasteiger partial charge in [0.05, 0.1) is 12.0 Å². The Balaban J connectivity index is 1.95. The quantitative estimate of drug-likeness (QED) is 0.834. The van der Waals surface area contributed by atoms with Gasteiger partial charge >= 0.3 is 0 Å². The number of nitrogens with zero attached hydrogens (tertiary/aromatic N) is 2. The van der Waals surface area contributed by atoms with Crippen LogP contribution in [0, 0.1) is 0 Å². The van der Waals surface area contributed by atoms with Crippen LogP contribution in [0.4, 0.5) is 5.95 Å². The van der Waals surface area contributed by atoms with Gasteiger partial charge in [-0.1, -0.05) is 19.8 Å². The lowest BCUT2D eigenvalue weighted by atomic mass is 9.95. The fourth-order valence-corrected chi connectivity index (χ4v) is 2.46. The van der Waals surface area contributed by atoms with Gasteiger partial charge in [0, 0.05) is 18.3 Å². The third-order valence-corrected chi connectivity index (χ3v) is 3.60. The molecule has 2 unspecified atom stereocenters. The lowest BCUT2D eigenvalue weighted by Crippen LogP contribution is -2.33. The smallest absolute Gasteiger partial charge is 0.226 e. The van der Waals surface area contributed by atoms with Crippen molar-refractivity contribution < 1.29 is 4.74 Å². The Morgan fingerprint density at radius 1 is 1.44 bits per heavy atom. The maximum atomic E-state index is 6.31. The normalized spacial score (nSPS) is 23.7. The molecular weight excluding hydrogens is 250 g/mol. The van der Waals surface area contributed by atoms with Crippen molar-refractivity contribution in [2.24, 2.45) is 0 Å². The van der Waals surface area contributed by atoms with E-state index in [1.165, 1.54) is 12.8 Å². The van der Waals surface area contributed by atoms with E-state index in [-0.39, 0.29) is 11.4 Å². The third-order valence-electron chi connectivity index (χ3n) is 3.08. The summed E-state index contributed by atoms with van der Waals surface area (Å²) in [5.74, 6) is 1.23. The monoisotopic (exact) mass is 269 g/mol. The zero-order valence-electron chi connectivity index (χ0n) is 10.7. The highest BCUT2D eigenvalue weighted by Crippen LogP contribution is 2.25. The molecule has 0 aliphatic heterocycles. The summed E-state index contributed by atoms with van der Waals surface area (Å²) >= 11 is 6.31. The highest BCUT2D eigenvalue weighted by atomic mass is 35.5. The molecule has 4 nitrogen and oxygen atoms in total. The first-order valence-electron chi connectivity index (χ1n) is 6.66. The van der Waals surface area contributed by atoms with Crippen LogP contribution in [0.1, 0.15) is 39.0 Å². The molecule has 1 fully saturated rings. The number of nitrogens with one attached hydrogen (secondary N) is 1. The van der Waals surface area contributed by atoms with Crippen LogP contribution in [-0.2, 0) is 0 Å². The van der Waals surface area contributed by atoms with Gasteiger partial charge < -0.3 is 10.1 Å². The van der Waals surface area contributed by atoms with Crippen molar-refractivity contribution in [3.05, 3.63) is 12.3 Å². The number of aromatic nitrogens is 2. The molecule has 0 saturated heterocycles. The van der Waals surface area contributed by atoms with Gasteiger partial charge in [0.25, 0.3) is 0 Å². The largest absolute Gasteiger partial charge is 0.478 e. The minimum atomic E-state index is 0.169. The first-order chi connectivity index (χ1) is 8.79. The van der Waals surface area contributed by atoms with E-state index >= 15 is 0 Å². The first-order valence-corrected chi connectivity index (χ1v) is 7.09. The molecule has 1 N–H and O–H groups in total. The van der Waals surface area contributed by atoms with Gasteiger partial charge in [0.1, 0.15) is 0 Å². The van der Waals surface area contributed by atoms with E-state index in [4.69, 9.17) is 16.3 Å². The second-order valence-electron chi connectivity index (χ2n) is 4.62. The summed E-state index contributed by atoms with van der Waals surface area (Å²) in [5, 5.41) is 3.48. The van der Waals surface area contributed by atoms with E-state index < -0.39 is 0 Å². The molecule has 0 radical (unpaired) electrons. The number of hydrogen-bond donors (Lipinski definition) is 1. The average molecular weight is 270 g/mol. The molecular formula is C13H20ClN3O. The zero-order chi connectivity index (χ0) is 12.8. The van der Waals surface area contributed by atoms with Gasteiger partial charge in [-0.15, -0.1) is 11.6 Å². The second kappa shape index (κ2) is 6.78. The summed E-state index contributed by atoms with van der Waals surface area (Å²) in [6.07, 6.45) is 7.26. The molecule has 1 heterocycles. The molecule has 0 aromatic carbocycles. The lowest BCUT2D eigenvalue weighted by Gasteiger charge is -2.27. The first kappa shape index (κ1) is 13.4. The topological polar surface area (TPSA) is 47.0 Å². The summed E-state index contributed by atoms with van der Waals surface area (Å²) in [4.78, 5) is 8.55. The average Bonchev–Trinajstić information content (AvgIpc) is 2.40. The van der Waals surface area contributed by atoms with Crippen LogP contribution in [0.5, 0.6) is 5.88 Å². The molecule has 1 aromatic rings. The Bertz CT molecular complexity index is 375. The van der Waals surface area contributed by atoms with Crippen LogP contribution in [0.25, 0.3) is 0 Å². The van der Waals surface area contributed by atoms with Crippen LogP contribution >= 0.6 is 11.6 Å². The second-order valence-corrected chi connectivity index (χ2v) is 5.18. The Hall–Kier alpha value is -1.03. The van der Waals surface area contributed by atoms with E-state index in [1.807, 2.05) is 0 Å². The van der Waals surface area contributed by atoms with Crippen molar-refractivity contribution in [1.82, 2.24) is 9.97 Å². The number of anilines is 1. The maximum Gasteiger partial charge on any atom is 0.226 e. The van der Waals surface area contributed by atoms with Crippen molar-refractivity contribution in [3.63, 3.8) is 0 Å². The van der Waals surface area contributed by atoms with Gasteiger partial charge in [-0.3, -0.25) is 0 Å². The highest BCUT2D eigenvalue weighted by molar-refractivity contribution is 6.21. The number of halogens is 1. The summed E-state index contributed by atoms with van der Waals surface area (Å²) in [5.41, 5.74) is 0. The number of alkyl halides is 1. The number of hydrogen-bond acceptors (Lipinski definition) is 4. The van der Waals surface area contributed by atoms with E-state index in [9.17, 15) is 0 Å². The Morgan fingerprint density at radius 2 is 2.28 bits per heavy atom. The Kier molecular flexibility index (Phi) is 5.05. The van der Waals surface area contributed by atoms with E-state index in [0.717, 1.165) is 19.3 Å². The summed E-state index contributed by atoms with van der Waals surface area (Å²) in [7, 11) is 0. The molecule has 2 atom stereocenters. The summed E-state index contributed by atoms with van der Waals surface area (Å²) < 4.78 is 5.49. The van der Waals surface area contributed by atoms with Gasteiger partial charge in [0.2, 0.25) is 11.8 Å². The molecule has 0 spiro atoms. The molecule has 18 heavy (non-hydrogen) atoms. The van der Waals surface area contributed by atoms with E-state index in [1.54, 1.807) is 12.3 Å². The number of rotatable bonds is 5. The minimum Gasteiger partial charge on any atom is -0.478 e. The predicted octanol–water partition coefficient (Wildman–Crippen LogP) is 3.23. The van der Waals surface area contributed by atoms with Crippen molar-refractivity contribution in [2.45, 2.75) is 50.4 Å². The van der Waals surface area contributed by atoms with Crippen LogP contribution < -0.4 is 10.1 Å².